The molecular weight excluding hydrogens is 319 g/mol. The van der Waals surface area contributed by atoms with Crippen molar-refractivity contribution in [2.75, 3.05) is 12.4 Å². The number of benzene rings is 1. The molecule has 0 aliphatic heterocycles. The Balaban J connectivity index is 1.99. The fraction of sp³-hybridized carbons (Fsp3) is 0.562. The summed E-state index contributed by atoms with van der Waals surface area (Å²) in [6, 6.07) is 5.73. The first kappa shape index (κ1) is 17.7. The van der Waals surface area contributed by atoms with Crippen molar-refractivity contribution >= 4 is 10.0 Å². The summed E-state index contributed by atoms with van der Waals surface area (Å²) in [6.07, 6.45) is 3.67. The van der Waals surface area contributed by atoms with E-state index in [9.17, 15) is 12.8 Å². The van der Waals surface area contributed by atoms with E-state index in [2.05, 4.69) is 4.72 Å². The minimum atomic E-state index is -3.25. The zero-order valence-electron chi connectivity index (χ0n) is 13.1. The van der Waals surface area contributed by atoms with Gasteiger partial charge in [0.2, 0.25) is 10.0 Å². The molecular formula is C16H21FN2O3S. The van der Waals surface area contributed by atoms with Crippen LogP contribution in [0.2, 0.25) is 0 Å². The Morgan fingerprint density at radius 1 is 1.39 bits per heavy atom. The lowest BCUT2D eigenvalue weighted by molar-refractivity contribution is 0.180. The van der Waals surface area contributed by atoms with Crippen LogP contribution in [-0.4, -0.2) is 26.8 Å². The molecule has 1 aromatic rings. The molecule has 0 unspecified atom stereocenters. The Morgan fingerprint density at radius 2 is 2.13 bits per heavy atom. The second-order valence-corrected chi connectivity index (χ2v) is 7.78. The van der Waals surface area contributed by atoms with Crippen LogP contribution >= 0.6 is 0 Å². The topological polar surface area (TPSA) is 79.2 Å². The van der Waals surface area contributed by atoms with Crippen molar-refractivity contribution in [2.45, 2.75) is 38.6 Å². The summed E-state index contributed by atoms with van der Waals surface area (Å²) in [5.41, 5.74) is -0.0244. The van der Waals surface area contributed by atoms with Gasteiger partial charge < -0.3 is 4.74 Å². The monoisotopic (exact) mass is 340 g/mol. The lowest BCUT2D eigenvalue weighted by Crippen LogP contribution is -2.44. The third kappa shape index (κ3) is 4.91. The first-order valence-corrected chi connectivity index (χ1v) is 9.43. The molecule has 0 radical (unpaired) electrons. The van der Waals surface area contributed by atoms with Crippen molar-refractivity contribution in [1.82, 2.24) is 4.72 Å². The molecule has 23 heavy (non-hydrogen) atoms. The van der Waals surface area contributed by atoms with E-state index in [1.165, 1.54) is 12.1 Å². The van der Waals surface area contributed by atoms with Crippen LogP contribution in [0.5, 0.6) is 5.75 Å². The lowest BCUT2D eigenvalue weighted by Gasteiger charge is -2.31. The van der Waals surface area contributed by atoms with Gasteiger partial charge in [0.25, 0.3) is 0 Å². The van der Waals surface area contributed by atoms with Crippen molar-refractivity contribution in [2.24, 2.45) is 5.92 Å². The number of sulfonamides is 1. The molecule has 1 saturated carbocycles. The summed E-state index contributed by atoms with van der Waals surface area (Å²) in [7, 11) is -3.25. The Kier molecular flexibility index (Phi) is 5.97. The van der Waals surface area contributed by atoms with Crippen molar-refractivity contribution in [1.29, 1.82) is 5.26 Å². The van der Waals surface area contributed by atoms with Gasteiger partial charge in [-0.25, -0.2) is 17.5 Å². The molecule has 0 aromatic heterocycles. The van der Waals surface area contributed by atoms with Crippen LogP contribution in [0.15, 0.2) is 18.2 Å². The zero-order chi connectivity index (χ0) is 16.9. The van der Waals surface area contributed by atoms with Gasteiger partial charge in [-0.3, -0.25) is 0 Å². The number of nitrogens with one attached hydrogen (secondary N) is 1. The fourth-order valence-electron chi connectivity index (χ4n) is 2.76. The van der Waals surface area contributed by atoms with Gasteiger partial charge in [0.05, 0.1) is 17.9 Å². The fourth-order valence-corrected chi connectivity index (χ4v) is 3.69. The van der Waals surface area contributed by atoms with E-state index in [1.54, 1.807) is 19.1 Å². The Morgan fingerprint density at radius 3 is 2.78 bits per heavy atom. The maximum absolute atomic E-state index is 13.6. The van der Waals surface area contributed by atoms with E-state index < -0.39 is 15.8 Å². The highest BCUT2D eigenvalue weighted by molar-refractivity contribution is 7.89. The molecule has 126 valence electrons. The van der Waals surface area contributed by atoms with Crippen LogP contribution in [0.25, 0.3) is 0 Å². The summed E-state index contributed by atoms with van der Waals surface area (Å²) in [4.78, 5) is 0. The van der Waals surface area contributed by atoms with Crippen LogP contribution in [0.1, 0.15) is 38.2 Å². The highest BCUT2D eigenvalue weighted by Gasteiger charge is 2.28. The maximum Gasteiger partial charge on any atom is 0.211 e. The van der Waals surface area contributed by atoms with Crippen molar-refractivity contribution in [3.05, 3.63) is 29.6 Å². The van der Waals surface area contributed by atoms with Crippen LogP contribution in [0, 0.1) is 23.1 Å². The molecule has 2 atom stereocenters. The van der Waals surface area contributed by atoms with Crippen LogP contribution < -0.4 is 9.46 Å². The number of ether oxygens (including phenoxy) is 1. The summed E-state index contributed by atoms with van der Waals surface area (Å²) >= 11 is 0. The first-order valence-electron chi connectivity index (χ1n) is 7.77. The normalized spacial score (nSPS) is 21.6. The predicted molar refractivity (Wildman–Crippen MR) is 85.0 cm³/mol. The molecule has 1 N–H and O–H groups in total. The molecule has 0 heterocycles. The second-order valence-electron chi connectivity index (χ2n) is 5.74. The van der Waals surface area contributed by atoms with E-state index in [0.717, 1.165) is 25.7 Å². The maximum atomic E-state index is 13.6. The quantitative estimate of drug-likeness (QED) is 0.863. The van der Waals surface area contributed by atoms with Gasteiger partial charge in [0.15, 0.2) is 0 Å². The number of hydrogen-bond acceptors (Lipinski definition) is 4. The van der Waals surface area contributed by atoms with Gasteiger partial charge in [-0.15, -0.1) is 0 Å². The van der Waals surface area contributed by atoms with Crippen LogP contribution in [0.4, 0.5) is 4.39 Å². The van der Waals surface area contributed by atoms with Crippen LogP contribution in [0.3, 0.4) is 0 Å². The van der Waals surface area contributed by atoms with Gasteiger partial charge in [0, 0.05) is 18.0 Å². The average Bonchev–Trinajstić information content (AvgIpc) is 2.54. The molecule has 1 fully saturated rings. The number of nitrogens with zero attached hydrogens (tertiary/aromatic N) is 1. The molecule has 2 rings (SSSR count). The van der Waals surface area contributed by atoms with E-state index >= 15 is 0 Å². The molecule has 1 aliphatic carbocycles. The minimum Gasteiger partial charge on any atom is -0.493 e. The number of nitriles is 1. The largest absolute Gasteiger partial charge is 0.493 e. The van der Waals surface area contributed by atoms with Crippen LogP contribution in [-0.2, 0) is 10.0 Å². The number of hydrogen-bond donors (Lipinski definition) is 1. The highest BCUT2D eigenvalue weighted by Crippen LogP contribution is 2.26. The van der Waals surface area contributed by atoms with E-state index in [1.807, 2.05) is 0 Å². The molecule has 0 spiro atoms. The average molecular weight is 340 g/mol. The van der Waals surface area contributed by atoms with E-state index in [4.69, 9.17) is 10.00 Å². The Hall–Kier alpha value is -1.65. The summed E-state index contributed by atoms with van der Waals surface area (Å²) in [5.74, 6) is -0.150. The van der Waals surface area contributed by atoms with Gasteiger partial charge in [-0.05, 0) is 31.9 Å². The molecule has 0 amide bonds. The number of rotatable bonds is 6. The smallest absolute Gasteiger partial charge is 0.211 e. The molecule has 0 saturated heterocycles. The van der Waals surface area contributed by atoms with E-state index in [0.29, 0.717) is 12.4 Å². The SMILES string of the molecule is CCS(=O)(=O)N[C@H]1CCCC[C@@H]1COc1ccc(C#N)c(F)c1. The summed E-state index contributed by atoms with van der Waals surface area (Å²) in [5, 5.41) is 8.71. The Labute approximate surface area is 136 Å². The van der Waals surface area contributed by atoms with Gasteiger partial charge >= 0.3 is 0 Å². The standard InChI is InChI=1S/C16H21FN2O3S/c1-2-23(20,21)19-16-6-4-3-5-13(16)11-22-14-8-7-12(10-18)15(17)9-14/h7-9,13,16,19H,2-6,11H2,1H3/t13-,16+/m1/s1. The zero-order valence-corrected chi connectivity index (χ0v) is 13.9. The third-order valence-electron chi connectivity index (χ3n) is 4.15. The number of halogens is 1. The summed E-state index contributed by atoms with van der Waals surface area (Å²) in [6.45, 7) is 1.93. The van der Waals surface area contributed by atoms with Crippen molar-refractivity contribution in [3.8, 4) is 11.8 Å². The first-order chi connectivity index (χ1) is 10.9. The van der Waals surface area contributed by atoms with Crippen molar-refractivity contribution < 1.29 is 17.5 Å². The molecule has 7 heteroatoms. The second kappa shape index (κ2) is 7.75. The summed E-state index contributed by atoms with van der Waals surface area (Å²) < 4.78 is 45.5. The molecule has 1 aliphatic rings. The lowest BCUT2D eigenvalue weighted by atomic mass is 9.86. The molecule has 1 aromatic carbocycles. The van der Waals surface area contributed by atoms with Gasteiger partial charge in [0.1, 0.15) is 17.6 Å². The van der Waals surface area contributed by atoms with Crippen molar-refractivity contribution in [3.63, 3.8) is 0 Å². The van der Waals surface area contributed by atoms with Gasteiger partial charge in [-0.2, -0.15) is 5.26 Å². The Bertz CT molecular complexity index is 685. The molecule has 0 bridgehead atoms. The van der Waals surface area contributed by atoms with Gasteiger partial charge in [-0.1, -0.05) is 12.8 Å². The highest BCUT2D eigenvalue weighted by atomic mass is 32.2. The van der Waals surface area contributed by atoms with E-state index in [-0.39, 0.29) is 23.3 Å². The predicted octanol–water partition coefficient (Wildman–Crippen LogP) is 2.57. The third-order valence-corrected chi connectivity index (χ3v) is 5.57. The molecule has 5 nitrogen and oxygen atoms in total. The minimum absolute atomic E-state index is 0.0244.